The van der Waals surface area contributed by atoms with Crippen LogP contribution in [-0.2, 0) is 4.79 Å². The van der Waals surface area contributed by atoms with E-state index in [-0.39, 0.29) is 12.1 Å². The molecule has 0 fully saturated rings. The highest BCUT2D eigenvalue weighted by atomic mass is 16.4. The Morgan fingerprint density at radius 1 is 1.16 bits per heavy atom. The molecule has 4 N–H and O–H groups in total. The maximum Gasteiger partial charge on any atom is 0.303 e. The van der Waals surface area contributed by atoms with Crippen molar-refractivity contribution in [2.75, 3.05) is 11.9 Å². The SMILES string of the molecule is NC(=O)c1nccnc1NCCCCCCC(=O)O. The van der Waals surface area contributed by atoms with E-state index < -0.39 is 11.9 Å². The molecule has 1 rings (SSSR count). The van der Waals surface area contributed by atoms with Crippen LogP contribution in [0.25, 0.3) is 0 Å². The summed E-state index contributed by atoms with van der Waals surface area (Å²) in [5, 5.41) is 11.5. The average molecular weight is 266 g/mol. The van der Waals surface area contributed by atoms with Crippen molar-refractivity contribution in [1.29, 1.82) is 0 Å². The van der Waals surface area contributed by atoms with E-state index in [2.05, 4.69) is 15.3 Å². The van der Waals surface area contributed by atoms with Crippen LogP contribution in [0.1, 0.15) is 42.6 Å². The second kappa shape index (κ2) is 8.02. The first kappa shape index (κ1) is 14.9. The number of nitrogens with zero attached hydrogens (tertiary/aromatic N) is 2. The molecule has 0 spiro atoms. The first-order valence-electron chi connectivity index (χ1n) is 6.17. The van der Waals surface area contributed by atoms with Crippen molar-refractivity contribution in [3.63, 3.8) is 0 Å². The van der Waals surface area contributed by atoms with Gasteiger partial charge >= 0.3 is 5.97 Å². The number of carbonyl (C=O) groups is 2. The van der Waals surface area contributed by atoms with Crippen molar-refractivity contribution >= 4 is 17.7 Å². The molecule has 0 saturated carbocycles. The van der Waals surface area contributed by atoms with E-state index in [1.165, 1.54) is 12.4 Å². The number of nitrogens with one attached hydrogen (secondary N) is 1. The van der Waals surface area contributed by atoms with Gasteiger partial charge in [0.2, 0.25) is 0 Å². The van der Waals surface area contributed by atoms with Gasteiger partial charge in [0, 0.05) is 25.4 Å². The molecule has 0 aliphatic rings. The predicted octanol–water partition coefficient (Wildman–Crippen LogP) is 1.02. The number of hydrogen-bond donors (Lipinski definition) is 3. The van der Waals surface area contributed by atoms with Gasteiger partial charge in [-0.3, -0.25) is 9.59 Å². The molecule has 1 heterocycles. The van der Waals surface area contributed by atoms with Gasteiger partial charge in [-0.05, 0) is 12.8 Å². The molecule has 1 amide bonds. The second-order valence-electron chi connectivity index (χ2n) is 4.10. The van der Waals surface area contributed by atoms with E-state index >= 15 is 0 Å². The minimum absolute atomic E-state index is 0.133. The summed E-state index contributed by atoms with van der Waals surface area (Å²) in [5.74, 6) is -0.985. The molecule has 0 aliphatic heterocycles. The normalized spacial score (nSPS) is 10.1. The van der Waals surface area contributed by atoms with Crippen LogP contribution in [-0.4, -0.2) is 33.5 Å². The van der Waals surface area contributed by atoms with Gasteiger partial charge in [-0.15, -0.1) is 0 Å². The van der Waals surface area contributed by atoms with E-state index in [9.17, 15) is 9.59 Å². The number of carboxylic acids is 1. The Morgan fingerprint density at radius 3 is 2.53 bits per heavy atom. The molecule has 0 aromatic carbocycles. The van der Waals surface area contributed by atoms with E-state index in [1.54, 1.807) is 0 Å². The van der Waals surface area contributed by atoms with E-state index in [0.29, 0.717) is 18.8 Å². The van der Waals surface area contributed by atoms with Crippen LogP contribution in [0.3, 0.4) is 0 Å². The third-order valence-electron chi connectivity index (χ3n) is 2.54. The van der Waals surface area contributed by atoms with Crippen molar-refractivity contribution in [2.24, 2.45) is 5.73 Å². The second-order valence-corrected chi connectivity index (χ2v) is 4.10. The van der Waals surface area contributed by atoms with Crippen LogP contribution in [0.5, 0.6) is 0 Å². The summed E-state index contributed by atoms with van der Waals surface area (Å²) in [6.07, 6.45) is 6.47. The molecule has 1 aromatic rings. The van der Waals surface area contributed by atoms with Crippen molar-refractivity contribution < 1.29 is 14.7 Å². The number of aromatic nitrogens is 2. The quantitative estimate of drug-likeness (QED) is 0.574. The number of carbonyl (C=O) groups excluding carboxylic acids is 1. The molecule has 0 unspecified atom stereocenters. The summed E-state index contributed by atoms with van der Waals surface area (Å²) >= 11 is 0. The van der Waals surface area contributed by atoms with Gasteiger partial charge in [0.05, 0.1) is 0 Å². The maximum absolute atomic E-state index is 11.1. The molecule has 0 atom stereocenters. The van der Waals surface area contributed by atoms with Crippen LogP contribution < -0.4 is 11.1 Å². The molecule has 0 bridgehead atoms. The number of rotatable bonds is 9. The summed E-state index contributed by atoms with van der Waals surface area (Å²) in [7, 11) is 0. The molecular formula is C12H18N4O3. The third-order valence-corrected chi connectivity index (χ3v) is 2.54. The van der Waals surface area contributed by atoms with Crippen LogP contribution in [0, 0.1) is 0 Å². The summed E-state index contributed by atoms with van der Waals surface area (Å²) in [5.41, 5.74) is 5.31. The summed E-state index contributed by atoms with van der Waals surface area (Å²) in [6, 6.07) is 0. The molecule has 1 aromatic heterocycles. The van der Waals surface area contributed by atoms with Crippen LogP contribution >= 0.6 is 0 Å². The molecule has 0 saturated heterocycles. The number of aliphatic carboxylic acids is 1. The molecule has 0 radical (unpaired) electrons. The average Bonchev–Trinajstić information content (AvgIpc) is 2.37. The largest absolute Gasteiger partial charge is 0.481 e. The highest BCUT2D eigenvalue weighted by molar-refractivity contribution is 5.95. The molecule has 7 nitrogen and oxygen atoms in total. The number of anilines is 1. The van der Waals surface area contributed by atoms with Gasteiger partial charge in [-0.1, -0.05) is 12.8 Å². The topological polar surface area (TPSA) is 118 Å². The van der Waals surface area contributed by atoms with Crippen molar-refractivity contribution in [2.45, 2.75) is 32.1 Å². The van der Waals surface area contributed by atoms with Crippen molar-refractivity contribution in [3.05, 3.63) is 18.1 Å². The fraction of sp³-hybridized carbons (Fsp3) is 0.500. The Bertz CT molecular complexity index is 437. The highest BCUT2D eigenvalue weighted by Gasteiger charge is 2.09. The van der Waals surface area contributed by atoms with Gasteiger partial charge in [0.15, 0.2) is 11.5 Å². The Morgan fingerprint density at radius 2 is 1.84 bits per heavy atom. The number of unbranched alkanes of at least 4 members (excludes halogenated alkanes) is 3. The van der Waals surface area contributed by atoms with Gasteiger partial charge in [0.25, 0.3) is 5.91 Å². The number of hydrogen-bond acceptors (Lipinski definition) is 5. The summed E-state index contributed by atoms with van der Waals surface area (Å²) < 4.78 is 0. The summed E-state index contributed by atoms with van der Waals surface area (Å²) in [4.78, 5) is 29.3. The number of primary amides is 1. The number of amides is 1. The van der Waals surface area contributed by atoms with E-state index in [0.717, 1.165) is 19.3 Å². The van der Waals surface area contributed by atoms with Crippen LogP contribution in [0.2, 0.25) is 0 Å². The Hall–Kier alpha value is -2.18. The minimum atomic E-state index is -0.760. The number of carboxylic acid groups (broad SMARTS) is 1. The lowest BCUT2D eigenvalue weighted by Gasteiger charge is -2.07. The third kappa shape index (κ3) is 5.80. The zero-order chi connectivity index (χ0) is 14.1. The van der Waals surface area contributed by atoms with Crippen LogP contribution in [0.4, 0.5) is 5.82 Å². The Balaban J connectivity index is 2.23. The lowest BCUT2D eigenvalue weighted by Crippen LogP contribution is -2.17. The van der Waals surface area contributed by atoms with Gasteiger partial charge in [-0.25, -0.2) is 9.97 Å². The lowest BCUT2D eigenvalue weighted by molar-refractivity contribution is -0.137. The Labute approximate surface area is 111 Å². The minimum Gasteiger partial charge on any atom is -0.481 e. The molecule has 104 valence electrons. The van der Waals surface area contributed by atoms with Crippen LogP contribution in [0.15, 0.2) is 12.4 Å². The monoisotopic (exact) mass is 266 g/mol. The molecule has 7 heteroatoms. The van der Waals surface area contributed by atoms with Crippen molar-refractivity contribution in [1.82, 2.24) is 9.97 Å². The maximum atomic E-state index is 11.1. The van der Waals surface area contributed by atoms with Gasteiger partial charge in [-0.2, -0.15) is 0 Å². The predicted molar refractivity (Wildman–Crippen MR) is 69.8 cm³/mol. The molecule has 19 heavy (non-hydrogen) atoms. The highest BCUT2D eigenvalue weighted by Crippen LogP contribution is 2.08. The van der Waals surface area contributed by atoms with Crippen molar-refractivity contribution in [3.8, 4) is 0 Å². The van der Waals surface area contributed by atoms with E-state index in [1.807, 2.05) is 0 Å². The zero-order valence-corrected chi connectivity index (χ0v) is 10.6. The fourth-order valence-corrected chi connectivity index (χ4v) is 1.61. The first-order chi connectivity index (χ1) is 9.11. The van der Waals surface area contributed by atoms with Gasteiger partial charge < -0.3 is 16.2 Å². The fourth-order valence-electron chi connectivity index (χ4n) is 1.61. The van der Waals surface area contributed by atoms with Gasteiger partial charge in [0.1, 0.15) is 0 Å². The lowest BCUT2D eigenvalue weighted by atomic mass is 10.1. The first-order valence-corrected chi connectivity index (χ1v) is 6.17. The number of nitrogens with two attached hydrogens (primary N) is 1. The smallest absolute Gasteiger partial charge is 0.303 e. The van der Waals surface area contributed by atoms with E-state index in [4.69, 9.17) is 10.8 Å². The molecular weight excluding hydrogens is 248 g/mol. The molecule has 0 aliphatic carbocycles. The zero-order valence-electron chi connectivity index (χ0n) is 10.6. The summed E-state index contributed by atoms with van der Waals surface area (Å²) in [6.45, 7) is 0.645. The Kier molecular flexibility index (Phi) is 6.28. The standard InChI is InChI=1S/C12H18N4O3/c13-11(19)10-12(16-8-7-14-10)15-6-4-2-1-3-5-9(17)18/h7-8H,1-6H2,(H2,13,19)(H,15,16)(H,17,18).